The van der Waals surface area contributed by atoms with Gasteiger partial charge in [-0.1, -0.05) is 60.7 Å². The fourth-order valence-corrected chi connectivity index (χ4v) is 2.45. The van der Waals surface area contributed by atoms with Crippen molar-refractivity contribution in [2.75, 3.05) is 0 Å². The highest BCUT2D eigenvalue weighted by Gasteiger charge is 2.05. The first kappa shape index (κ1) is 22.3. The topological polar surface area (TPSA) is 55.6 Å². The summed E-state index contributed by atoms with van der Waals surface area (Å²) in [4.78, 5) is 17.2. The molecule has 7 heteroatoms. The molecule has 142 valence electrons. The van der Waals surface area contributed by atoms with Crippen LogP contribution in [0.15, 0.2) is 90.2 Å². The lowest BCUT2D eigenvalue weighted by Crippen LogP contribution is -2.10. The minimum Gasteiger partial charge on any atom is -0.327 e. The molecular weight excluding hydrogens is 383 g/mol. The Kier molecular flexibility index (Phi) is 9.13. The summed E-state index contributed by atoms with van der Waals surface area (Å²) in [5.74, 6) is 1.01. The second kappa shape index (κ2) is 11.1. The maximum Gasteiger partial charge on any atom is 0.325 e. The average molecular weight is 405 g/mol. The number of imidazole rings is 2. The molecule has 0 aliphatic heterocycles. The summed E-state index contributed by atoms with van der Waals surface area (Å²) >= 11 is 0. The van der Waals surface area contributed by atoms with E-state index in [2.05, 4.69) is 50.9 Å². The van der Waals surface area contributed by atoms with E-state index in [-0.39, 0.29) is 30.5 Å². The van der Waals surface area contributed by atoms with E-state index in [1.165, 1.54) is 10.1 Å². The molecule has 0 atom stereocenters. The number of nitrogens with one attached hydrogen (secondary N) is 1. The fourth-order valence-electron chi connectivity index (χ4n) is 2.45. The smallest absolute Gasteiger partial charge is 0.325 e. The summed E-state index contributed by atoms with van der Waals surface area (Å²) < 4.78 is 3.64. The van der Waals surface area contributed by atoms with E-state index in [0.29, 0.717) is 0 Å². The number of aromatic nitrogens is 4. The Hall–Kier alpha value is -2.76. The molecule has 0 saturated carbocycles. The fraction of sp³-hybridized carbons (Fsp3) is 0.100. The average Bonchev–Trinajstić information content (AvgIpc) is 3.26. The highest BCUT2D eigenvalue weighted by Crippen LogP contribution is 2.17. The van der Waals surface area contributed by atoms with Gasteiger partial charge in [0.1, 0.15) is 5.82 Å². The number of benzene rings is 2. The zero-order valence-corrected chi connectivity index (χ0v) is 16.5. The number of H-pyrrole nitrogens is 1. The summed E-state index contributed by atoms with van der Waals surface area (Å²) in [6.45, 7) is 0.852. The first-order valence-corrected chi connectivity index (χ1v) is 8.04. The third-order valence-corrected chi connectivity index (χ3v) is 3.77. The van der Waals surface area contributed by atoms with Crippen molar-refractivity contribution in [3.63, 3.8) is 0 Å². The van der Waals surface area contributed by atoms with Crippen molar-refractivity contribution < 1.29 is 0 Å². The zero-order chi connectivity index (χ0) is 17.5. The standard InChI is InChI=1S/C16H14N2.C4H6N2O.2ClH/c1-3-7-14(8-4-1)13-18-12-11-17-16(18)15-9-5-2-6-10-15;1-6-3-2-5-4(6)7;;/h1-12H,13H2;2-3H,1H3,(H,5,7);2*1H. The van der Waals surface area contributed by atoms with E-state index in [4.69, 9.17) is 0 Å². The lowest BCUT2D eigenvalue weighted by Gasteiger charge is -2.07. The summed E-state index contributed by atoms with van der Waals surface area (Å²) in [5, 5.41) is 0. The molecule has 2 heterocycles. The molecular formula is C20H22Cl2N4O. The van der Waals surface area contributed by atoms with Gasteiger partial charge in [0.2, 0.25) is 0 Å². The normalized spacial score (nSPS) is 9.37. The maximum absolute atomic E-state index is 10.3. The van der Waals surface area contributed by atoms with Crippen LogP contribution in [-0.2, 0) is 13.6 Å². The lowest BCUT2D eigenvalue weighted by atomic mass is 10.2. The van der Waals surface area contributed by atoms with Crippen LogP contribution in [0.4, 0.5) is 0 Å². The quantitative estimate of drug-likeness (QED) is 0.557. The molecule has 0 aliphatic carbocycles. The summed E-state index contributed by atoms with van der Waals surface area (Å²) in [6.07, 6.45) is 7.14. The number of aryl methyl sites for hydroxylation is 1. The molecule has 27 heavy (non-hydrogen) atoms. The predicted octanol–water partition coefficient (Wildman–Crippen LogP) is 4.16. The molecule has 0 aliphatic rings. The van der Waals surface area contributed by atoms with Gasteiger partial charge in [-0.3, -0.25) is 0 Å². The van der Waals surface area contributed by atoms with E-state index in [1.54, 1.807) is 19.4 Å². The van der Waals surface area contributed by atoms with Crippen LogP contribution in [0.5, 0.6) is 0 Å². The Morgan fingerprint density at radius 2 is 1.56 bits per heavy atom. The van der Waals surface area contributed by atoms with Crippen LogP contribution < -0.4 is 5.69 Å². The largest absolute Gasteiger partial charge is 0.327 e. The number of aromatic amines is 1. The molecule has 2 aromatic heterocycles. The first-order chi connectivity index (χ1) is 12.2. The molecule has 5 nitrogen and oxygen atoms in total. The molecule has 1 N–H and O–H groups in total. The molecule has 2 aromatic carbocycles. The summed E-state index contributed by atoms with van der Waals surface area (Å²) in [7, 11) is 1.69. The highest BCUT2D eigenvalue weighted by molar-refractivity contribution is 5.85. The SMILES string of the molecule is Cl.Cl.Cn1cc[nH]c1=O.c1ccc(Cn2ccnc2-c2ccccc2)cc1. The van der Waals surface area contributed by atoms with Crippen molar-refractivity contribution in [3.05, 3.63) is 101 Å². The molecule has 0 fully saturated rings. The van der Waals surface area contributed by atoms with Gasteiger partial charge in [0.25, 0.3) is 0 Å². The molecule has 0 unspecified atom stereocenters. The number of halogens is 2. The number of rotatable bonds is 3. The molecule has 4 rings (SSSR count). The molecule has 0 radical (unpaired) electrons. The minimum absolute atomic E-state index is 0. The predicted molar refractivity (Wildman–Crippen MR) is 114 cm³/mol. The van der Waals surface area contributed by atoms with Crippen LogP contribution >= 0.6 is 24.8 Å². The Labute approximate surface area is 170 Å². The number of hydrogen-bond acceptors (Lipinski definition) is 2. The van der Waals surface area contributed by atoms with Crippen LogP contribution in [0, 0.1) is 0 Å². The van der Waals surface area contributed by atoms with Crippen molar-refractivity contribution in [1.82, 2.24) is 19.1 Å². The van der Waals surface area contributed by atoms with Gasteiger partial charge in [-0.2, -0.15) is 0 Å². The summed E-state index contributed by atoms with van der Waals surface area (Å²) in [5.41, 5.74) is 2.37. The monoisotopic (exact) mass is 404 g/mol. The van der Waals surface area contributed by atoms with Gasteiger partial charge in [-0.25, -0.2) is 9.78 Å². The van der Waals surface area contributed by atoms with Crippen molar-refractivity contribution in [2.45, 2.75) is 6.54 Å². The van der Waals surface area contributed by atoms with Crippen LogP contribution in [0.25, 0.3) is 11.4 Å². The summed E-state index contributed by atoms with van der Waals surface area (Å²) in [6, 6.07) is 20.7. The van der Waals surface area contributed by atoms with E-state index in [9.17, 15) is 4.79 Å². The Morgan fingerprint density at radius 1 is 0.926 bits per heavy atom. The van der Waals surface area contributed by atoms with Gasteiger partial charge in [-0.15, -0.1) is 24.8 Å². The Balaban J connectivity index is 0.000000347. The number of nitrogens with zero attached hydrogens (tertiary/aromatic N) is 3. The van der Waals surface area contributed by atoms with Crippen molar-refractivity contribution in [1.29, 1.82) is 0 Å². The van der Waals surface area contributed by atoms with Crippen molar-refractivity contribution >= 4 is 24.8 Å². The second-order valence-electron chi connectivity index (χ2n) is 5.61. The molecule has 0 saturated heterocycles. The molecule has 0 spiro atoms. The third-order valence-electron chi connectivity index (χ3n) is 3.77. The highest BCUT2D eigenvalue weighted by atomic mass is 35.5. The van der Waals surface area contributed by atoms with Crippen LogP contribution in [0.1, 0.15) is 5.56 Å². The first-order valence-electron chi connectivity index (χ1n) is 8.04. The van der Waals surface area contributed by atoms with Gasteiger partial charge in [0.15, 0.2) is 0 Å². The minimum atomic E-state index is -0.0694. The van der Waals surface area contributed by atoms with E-state index in [0.717, 1.165) is 17.9 Å². The van der Waals surface area contributed by atoms with E-state index in [1.807, 2.05) is 36.7 Å². The van der Waals surface area contributed by atoms with Crippen LogP contribution in [0.3, 0.4) is 0 Å². The van der Waals surface area contributed by atoms with Gasteiger partial charge >= 0.3 is 5.69 Å². The van der Waals surface area contributed by atoms with E-state index >= 15 is 0 Å². The molecule has 4 aromatic rings. The second-order valence-corrected chi connectivity index (χ2v) is 5.61. The van der Waals surface area contributed by atoms with Gasteiger partial charge in [0, 0.05) is 43.9 Å². The molecule has 0 bridgehead atoms. The van der Waals surface area contributed by atoms with Gasteiger partial charge in [0.05, 0.1) is 0 Å². The Bertz CT molecular complexity index is 962. The molecule has 0 amide bonds. The lowest BCUT2D eigenvalue weighted by molar-refractivity contribution is 0.807. The van der Waals surface area contributed by atoms with Gasteiger partial charge < -0.3 is 14.1 Å². The van der Waals surface area contributed by atoms with Crippen molar-refractivity contribution in [2.24, 2.45) is 7.05 Å². The van der Waals surface area contributed by atoms with E-state index < -0.39 is 0 Å². The van der Waals surface area contributed by atoms with Gasteiger partial charge in [-0.05, 0) is 5.56 Å². The Morgan fingerprint density at radius 3 is 2.07 bits per heavy atom. The zero-order valence-electron chi connectivity index (χ0n) is 14.9. The maximum atomic E-state index is 10.3. The number of hydrogen-bond donors (Lipinski definition) is 1. The van der Waals surface area contributed by atoms with Crippen LogP contribution in [-0.4, -0.2) is 19.1 Å². The third kappa shape index (κ3) is 6.16. The van der Waals surface area contributed by atoms with Crippen molar-refractivity contribution in [3.8, 4) is 11.4 Å². The van der Waals surface area contributed by atoms with Crippen LogP contribution in [0.2, 0.25) is 0 Å².